The molecule has 0 bridgehead atoms. The largest absolute Gasteiger partial charge is 0.423 e. The van der Waals surface area contributed by atoms with Crippen LogP contribution < -0.4 is 11.1 Å². The molecule has 0 spiro atoms. The maximum atomic E-state index is 12.7. The summed E-state index contributed by atoms with van der Waals surface area (Å²) in [5.74, 6) is -0.669. The van der Waals surface area contributed by atoms with E-state index < -0.39 is 0 Å². The molecule has 0 unspecified atom stereocenters. The number of fused-ring (bicyclic) bond motifs is 1. The van der Waals surface area contributed by atoms with Crippen molar-refractivity contribution in [1.82, 2.24) is 4.98 Å². The molecule has 0 amide bonds. The quantitative estimate of drug-likeness (QED) is 0.471. The Morgan fingerprint density at radius 3 is 3.07 bits per heavy atom. The molecule has 2 rings (SSSR count). The first kappa shape index (κ1) is 8.49. The zero-order valence-electron chi connectivity index (χ0n) is 7.04. The molecule has 0 atom stereocenters. The van der Waals surface area contributed by atoms with Crippen molar-refractivity contribution in [2.45, 2.75) is 0 Å². The highest BCUT2D eigenvalue weighted by Gasteiger charge is 2.06. The highest BCUT2D eigenvalue weighted by Crippen LogP contribution is 2.19. The number of nitrogens with one attached hydrogen (secondary N) is 2. The van der Waals surface area contributed by atoms with E-state index in [4.69, 9.17) is 15.6 Å². The Morgan fingerprint density at radius 1 is 1.57 bits per heavy atom. The lowest BCUT2D eigenvalue weighted by Crippen LogP contribution is -2.20. The van der Waals surface area contributed by atoms with Crippen molar-refractivity contribution in [1.29, 1.82) is 5.41 Å². The van der Waals surface area contributed by atoms with Crippen molar-refractivity contribution in [3.05, 3.63) is 24.0 Å². The number of benzene rings is 1. The first-order chi connectivity index (χ1) is 6.65. The average molecular weight is 194 g/mol. The minimum Gasteiger partial charge on any atom is -0.423 e. The predicted molar refractivity (Wildman–Crippen MR) is 49.5 cm³/mol. The standard InChI is InChI=1S/C8H7FN4O/c9-4-1-2-6-5(3-4)12-8(14-6)13-7(10)11/h1-3H,(H4,10,11,12,13). The van der Waals surface area contributed by atoms with Crippen LogP contribution in [-0.2, 0) is 0 Å². The van der Waals surface area contributed by atoms with E-state index in [1.165, 1.54) is 18.2 Å². The molecular formula is C8H7FN4O. The zero-order chi connectivity index (χ0) is 10.1. The van der Waals surface area contributed by atoms with Gasteiger partial charge in [-0.25, -0.2) is 4.39 Å². The number of oxazole rings is 1. The lowest BCUT2D eigenvalue weighted by Gasteiger charge is -1.93. The highest BCUT2D eigenvalue weighted by atomic mass is 19.1. The normalized spacial score (nSPS) is 10.4. The molecule has 0 saturated heterocycles. The number of halogens is 1. The van der Waals surface area contributed by atoms with Crippen molar-refractivity contribution >= 4 is 23.1 Å². The summed E-state index contributed by atoms with van der Waals surface area (Å²) in [6, 6.07) is 4.05. The van der Waals surface area contributed by atoms with E-state index in [1.807, 2.05) is 0 Å². The molecule has 1 aromatic carbocycles. The van der Waals surface area contributed by atoms with Crippen LogP contribution in [0.4, 0.5) is 10.4 Å². The van der Waals surface area contributed by atoms with E-state index in [-0.39, 0.29) is 17.8 Å². The SMILES string of the molecule is N=C(N)Nc1nc2cc(F)ccc2o1. The topological polar surface area (TPSA) is 87.9 Å². The van der Waals surface area contributed by atoms with Crippen molar-refractivity contribution in [3.8, 4) is 0 Å². The van der Waals surface area contributed by atoms with Crippen molar-refractivity contribution < 1.29 is 8.81 Å². The van der Waals surface area contributed by atoms with Crippen molar-refractivity contribution in [3.63, 3.8) is 0 Å². The Kier molecular flexibility index (Phi) is 1.81. The summed E-state index contributed by atoms with van der Waals surface area (Å²) in [5.41, 5.74) is 5.90. The number of aromatic nitrogens is 1. The number of guanidine groups is 1. The summed E-state index contributed by atoms with van der Waals surface area (Å²) >= 11 is 0. The molecule has 72 valence electrons. The van der Waals surface area contributed by atoms with Crippen LogP contribution in [0.3, 0.4) is 0 Å². The minimum absolute atomic E-state index is 0.0816. The van der Waals surface area contributed by atoms with Gasteiger partial charge < -0.3 is 10.2 Å². The van der Waals surface area contributed by atoms with E-state index >= 15 is 0 Å². The molecule has 0 aliphatic heterocycles. The summed E-state index contributed by atoms with van der Waals surface area (Å²) in [6.07, 6.45) is 0. The lowest BCUT2D eigenvalue weighted by atomic mass is 10.3. The van der Waals surface area contributed by atoms with E-state index in [0.717, 1.165) is 0 Å². The van der Waals surface area contributed by atoms with E-state index in [1.54, 1.807) is 0 Å². The first-order valence-electron chi connectivity index (χ1n) is 3.82. The van der Waals surface area contributed by atoms with Crippen LogP contribution in [0, 0.1) is 11.2 Å². The van der Waals surface area contributed by atoms with Gasteiger partial charge in [0.15, 0.2) is 11.5 Å². The van der Waals surface area contributed by atoms with Gasteiger partial charge in [0.05, 0.1) is 0 Å². The molecule has 5 nitrogen and oxygen atoms in total. The van der Waals surface area contributed by atoms with Crippen LogP contribution in [0.15, 0.2) is 22.6 Å². The van der Waals surface area contributed by atoms with Crippen LogP contribution in [0.25, 0.3) is 11.1 Å². The number of nitrogens with two attached hydrogens (primary N) is 1. The molecule has 1 aromatic heterocycles. The number of anilines is 1. The Morgan fingerprint density at radius 2 is 2.36 bits per heavy atom. The number of hydrogen-bond acceptors (Lipinski definition) is 3. The second-order valence-corrected chi connectivity index (χ2v) is 2.67. The Bertz CT molecular complexity index is 493. The minimum atomic E-state index is -0.389. The van der Waals surface area contributed by atoms with Crippen LogP contribution in [0.2, 0.25) is 0 Å². The van der Waals surface area contributed by atoms with Crippen molar-refractivity contribution in [2.24, 2.45) is 5.73 Å². The molecule has 0 radical (unpaired) electrons. The van der Waals surface area contributed by atoms with Crippen LogP contribution in [0.1, 0.15) is 0 Å². The first-order valence-corrected chi connectivity index (χ1v) is 3.82. The summed E-state index contributed by atoms with van der Waals surface area (Å²) in [5, 5.41) is 9.31. The van der Waals surface area contributed by atoms with Gasteiger partial charge in [-0.2, -0.15) is 4.98 Å². The number of rotatable bonds is 1. The fourth-order valence-electron chi connectivity index (χ4n) is 1.07. The fourth-order valence-corrected chi connectivity index (χ4v) is 1.07. The number of hydrogen-bond donors (Lipinski definition) is 3. The molecule has 0 saturated carbocycles. The lowest BCUT2D eigenvalue weighted by molar-refractivity contribution is 0.616. The van der Waals surface area contributed by atoms with Gasteiger partial charge in [0.2, 0.25) is 0 Å². The third-order valence-corrected chi connectivity index (χ3v) is 1.59. The molecule has 0 aliphatic rings. The van der Waals surface area contributed by atoms with Gasteiger partial charge in [-0.15, -0.1) is 0 Å². The Hall–Kier alpha value is -2.11. The monoisotopic (exact) mass is 194 g/mol. The maximum absolute atomic E-state index is 12.7. The van der Waals surface area contributed by atoms with Gasteiger partial charge in [0.25, 0.3) is 0 Å². The van der Waals surface area contributed by atoms with Gasteiger partial charge in [-0.3, -0.25) is 10.7 Å². The van der Waals surface area contributed by atoms with Gasteiger partial charge >= 0.3 is 6.01 Å². The maximum Gasteiger partial charge on any atom is 0.302 e. The van der Waals surface area contributed by atoms with Gasteiger partial charge in [0, 0.05) is 6.07 Å². The Labute approximate surface area is 78.2 Å². The summed E-state index contributed by atoms with van der Waals surface area (Å²) in [4.78, 5) is 3.88. The van der Waals surface area contributed by atoms with Gasteiger partial charge in [-0.1, -0.05) is 0 Å². The van der Waals surface area contributed by atoms with E-state index in [2.05, 4.69) is 10.3 Å². The average Bonchev–Trinajstić information content (AvgIpc) is 2.44. The van der Waals surface area contributed by atoms with E-state index in [0.29, 0.717) is 11.1 Å². The summed E-state index contributed by atoms with van der Waals surface area (Å²) in [6.45, 7) is 0. The molecule has 2 aromatic rings. The highest BCUT2D eigenvalue weighted by molar-refractivity contribution is 5.88. The molecular weight excluding hydrogens is 187 g/mol. The second-order valence-electron chi connectivity index (χ2n) is 2.67. The molecule has 0 aliphatic carbocycles. The third-order valence-electron chi connectivity index (χ3n) is 1.59. The Balaban J connectivity index is 2.46. The second kappa shape index (κ2) is 2.99. The molecule has 14 heavy (non-hydrogen) atoms. The molecule has 1 heterocycles. The third kappa shape index (κ3) is 1.49. The zero-order valence-corrected chi connectivity index (χ0v) is 7.04. The fraction of sp³-hybridized carbons (Fsp3) is 0. The smallest absolute Gasteiger partial charge is 0.302 e. The van der Waals surface area contributed by atoms with Gasteiger partial charge in [0.1, 0.15) is 11.3 Å². The number of nitrogens with zero attached hydrogens (tertiary/aromatic N) is 1. The summed E-state index contributed by atoms with van der Waals surface area (Å²) in [7, 11) is 0. The molecule has 6 heteroatoms. The summed E-state index contributed by atoms with van der Waals surface area (Å²) < 4.78 is 17.9. The van der Waals surface area contributed by atoms with Crippen LogP contribution in [-0.4, -0.2) is 10.9 Å². The van der Waals surface area contributed by atoms with Crippen LogP contribution >= 0.6 is 0 Å². The predicted octanol–water partition coefficient (Wildman–Crippen LogP) is 1.27. The van der Waals surface area contributed by atoms with Crippen LogP contribution in [0.5, 0.6) is 0 Å². The molecule has 0 fully saturated rings. The molecule has 4 N–H and O–H groups in total. The van der Waals surface area contributed by atoms with E-state index in [9.17, 15) is 4.39 Å². The van der Waals surface area contributed by atoms with Crippen molar-refractivity contribution in [2.75, 3.05) is 5.32 Å². The van der Waals surface area contributed by atoms with Gasteiger partial charge in [-0.05, 0) is 12.1 Å².